The molecule has 0 saturated carbocycles. The highest BCUT2D eigenvalue weighted by Gasteiger charge is 2.28. The molecule has 1 atom stereocenters. The molecule has 0 bridgehead atoms. The van der Waals surface area contributed by atoms with Crippen LogP contribution in [0, 0.1) is 5.92 Å². The number of amides is 2. The number of carbonyl (C=O) groups is 2. The molecule has 0 unspecified atom stereocenters. The van der Waals surface area contributed by atoms with Crippen molar-refractivity contribution in [2.75, 3.05) is 0 Å². The number of allylic oxidation sites excluding steroid dienone is 1. The van der Waals surface area contributed by atoms with Gasteiger partial charge in [-0.2, -0.15) is 10.2 Å². The maximum atomic E-state index is 11.7. The minimum Gasteiger partial charge on any atom is -0.273 e. The van der Waals surface area contributed by atoms with Crippen molar-refractivity contribution in [1.82, 2.24) is 10.9 Å². The van der Waals surface area contributed by atoms with Gasteiger partial charge in [0.2, 0.25) is 11.8 Å². The van der Waals surface area contributed by atoms with Crippen LogP contribution >= 0.6 is 15.9 Å². The number of nitrogens with one attached hydrogen (secondary N) is 2. The lowest BCUT2D eigenvalue weighted by atomic mass is 10.0. The summed E-state index contributed by atoms with van der Waals surface area (Å²) in [6.45, 7) is 1.71. The second-order valence-electron chi connectivity index (χ2n) is 4.72. The standard InChI is InChI=1S/C15H15BrN4O2/c1-10-13(15(22)20-18-10)8-14(21)19-17-9-12(16)7-11-5-3-2-4-6-11/h2-7,9,13H,8H2,1H3,(H,19,21)(H,20,22)/b12-7-,17-9-/t13-/m0/s1. The highest BCUT2D eigenvalue weighted by atomic mass is 79.9. The molecule has 6 nitrogen and oxygen atoms in total. The number of hydrogen-bond donors (Lipinski definition) is 2. The molecule has 0 aliphatic carbocycles. The number of carbonyl (C=O) groups excluding carboxylic acids is 2. The van der Waals surface area contributed by atoms with E-state index < -0.39 is 5.92 Å². The van der Waals surface area contributed by atoms with Gasteiger partial charge in [0.25, 0.3) is 0 Å². The summed E-state index contributed by atoms with van der Waals surface area (Å²) in [5, 5.41) is 7.64. The van der Waals surface area contributed by atoms with Gasteiger partial charge in [-0.15, -0.1) is 0 Å². The SMILES string of the molecule is CC1=NNC(=O)[C@H]1CC(=O)N/N=C\C(Br)=C\c1ccccc1. The number of rotatable bonds is 5. The summed E-state index contributed by atoms with van der Waals surface area (Å²) in [5.74, 6) is -1.12. The fourth-order valence-electron chi connectivity index (χ4n) is 1.87. The highest BCUT2D eigenvalue weighted by molar-refractivity contribution is 9.12. The average molecular weight is 363 g/mol. The van der Waals surface area contributed by atoms with Crippen LogP contribution in [0.3, 0.4) is 0 Å². The van der Waals surface area contributed by atoms with E-state index in [1.165, 1.54) is 6.21 Å². The van der Waals surface area contributed by atoms with Gasteiger partial charge in [0.1, 0.15) is 0 Å². The van der Waals surface area contributed by atoms with Crippen LogP contribution in [-0.4, -0.2) is 23.7 Å². The van der Waals surface area contributed by atoms with Gasteiger partial charge in [-0.05, 0) is 34.5 Å². The topological polar surface area (TPSA) is 82.9 Å². The van der Waals surface area contributed by atoms with E-state index in [9.17, 15) is 9.59 Å². The maximum Gasteiger partial charge on any atom is 0.249 e. The van der Waals surface area contributed by atoms with Crippen molar-refractivity contribution in [3.05, 3.63) is 40.4 Å². The molecule has 2 amide bonds. The molecule has 2 N–H and O–H groups in total. The molecule has 2 rings (SSSR count). The normalized spacial score (nSPS) is 18.3. The van der Waals surface area contributed by atoms with Crippen LogP contribution in [0.4, 0.5) is 0 Å². The fourth-order valence-corrected chi connectivity index (χ4v) is 2.24. The van der Waals surface area contributed by atoms with Gasteiger partial charge in [0, 0.05) is 16.6 Å². The van der Waals surface area contributed by atoms with E-state index in [0.717, 1.165) is 10.0 Å². The van der Waals surface area contributed by atoms with Gasteiger partial charge < -0.3 is 0 Å². The molecule has 0 saturated heterocycles. The smallest absolute Gasteiger partial charge is 0.249 e. The van der Waals surface area contributed by atoms with E-state index in [-0.39, 0.29) is 18.2 Å². The summed E-state index contributed by atoms with van der Waals surface area (Å²) in [6.07, 6.45) is 3.38. The monoisotopic (exact) mass is 362 g/mol. The summed E-state index contributed by atoms with van der Waals surface area (Å²) in [4.78, 5) is 23.2. The van der Waals surface area contributed by atoms with Crippen LogP contribution in [0.2, 0.25) is 0 Å². The maximum absolute atomic E-state index is 11.7. The number of benzene rings is 1. The first kappa shape index (κ1) is 16.1. The molecule has 1 aliphatic heterocycles. The summed E-state index contributed by atoms with van der Waals surface area (Å²) in [6, 6.07) is 9.70. The first-order valence-electron chi connectivity index (χ1n) is 6.64. The molecule has 114 valence electrons. The molecule has 0 aromatic heterocycles. The number of halogens is 1. The van der Waals surface area contributed by atoms with Gasteiger partial charge in [-0.25, -0.2) is 10.9 Å². The Hall–Kier alpha value is -2.28. The van der Waals surface area contributed by atoms with Crippen molar-refractivity contribution in [2.45, 2.75) is 13.3 Å². The Balaban J connectivity index is 1.84. The lowest BCUT2D eigenvalue weighted by Gasteiger charge is -2.05. The van der Waals surface area contributed by atoms with E-state index in [4.69, 9.17) is 0 Å². The Bertz CT molecular complexity index is 653. The van der Waals surface area contributed by atoms with Gasteiger partial charge in [-0.1, -0.05) is 30.3 Å². The zero-order valence-electron chi connectivity index (χ0n) is 11.9. The zero-order chi connectivity index (χ0) is 15.9. The molecule has 1 aromatic carbocycles. The van der Waals surface area contributed by atoms with E-state index in [0.29, 0.717) is 5.71 Å². The third-order valence-electron chi connectivity index (χ3n) is 3.03. The first-order valence-corrected chi connectivity index (χ1v) is 7.44. The molecule has 1 aliphatic rings. The van der Waals surface area contributed by atoms with E-state index in [2.05, 4.69) is 37.0 Å². The quantitative estimate of drug-likeness (QED) is 0.620. The number of hydrogen-bond acceptors (Lipinski definition) is 4. The van der Waals surface area contributed by atoms with Crippen molar-refractivity contribution in [1.29, 1.82) is 0 Å². The Labute approximate surface area is 136 Å². The predicted octanol–water partition coefficient (Wildman–Crippen LogP) is 2.04. The largest absolute Gasteiger partial charge is 0.273 e. The van der Waals surface area contributed by atoms with E-state index in [1.54, 1.807) is 6.92 Å². The molecule has 0 spiro atoms. The lowest BCUT2D eigenvalue weighted by Crippen LogP contribution is -2.29. The van der Waals surface area contributed by atoms with Crippen molar-refractivity contribution >= 4 is 45.7 Å². The third kappa shape index (κ3) is 4.63. The molecular weight excluding hydrogens is 348 g/mol. The van der Waals surface area contributed by atoms with Crippen LogP contribution in [0.15, 0.2) is 45.0 Å². The minimum absolute atomic E-state index is 0.0263. The van der Waals surface area contributed by atoms with Crippen LogP contribution in [0.1, 0.15) is 18.9 Å². The third-order valence-corrected chi connectivity index (χ3v) is 3.47. The Kier molecular flexibility index (Phi) is 5.60. The molecule has 7 heteroatoms. The van der Waals surface area contributed by atoms with Crippen molar-refractivity contribution in [2.24, 2.45) is 16.1 Å². The van der Waals surface area contributed by atoms with Gasteiger partial charge >= 0.3 is 0 Å². The summed E-state index contributed by atoms with van der Waals surface area (Å²) < 4.78 is 0.718. The van der Waals surface area contributed by atoms with E-state index in [1.807, 2.05) is 36.4 Å². The van der Waals surface area contributed by atoms with Gasteiger partial charge in [0.05, 0.1) is 12.1 Å². The minimum atomic E-state index is -0.515. The highest BCUT2D eigenvalue weighted by Crippen LogP contribution is 2.12. The average Bonchev–Trinajstić information content (AvgIpc) is 2.80. The summed E-state index contributed by atoms with van der Waals surface area (Å²) >= 11 is 3.35. The van der Waals surface area contributed by atoms with Crippen LogP contribution in [0.5, 0.6) is 0 Å². The second-order valence-corrected chi connectivity index (χ2v) is 5.63. The van der Waals surface area contributed by atoms with E-state index >= 15 is 0 Å². The first-order chi connectivity index (χ1) is 10.6. The fraction of sp³-hybridized carbons (Fsp3) is 0.200. The predicted molar refractivity (Wildman–Crippen MR) is 89.3 cm³/mol. The Morgan fingerprint density at radius 3 is 2.82 bits per heavy atom. The Morgan fingerprint density at radius 1 is 1.45 bits per heavy atom. The van der Waals surface area contributed by atoms with Crippen LogP contribution in [0.25, 0.3) is 6.08 Å². The Morgan fingerprint density at radius 2 is 2.18 bits per heavy atom. The van der Waals surface area contributed by atoms with Crippen molar-refractivity contribution < 1.29 is 9.59 Å². The summed E-state index contributed by atoms with van der Waals surface area (Å²) in [7, 11) is 0. The molecular formula is C15H15BrN4O2. The van der Waals surface area contributed by atoms with Crippen molar-refractivity contribution in [3.63, 3.8) is 0 Å². The van der Waals surface area contributed by atoms with Gasteiger partial charge in [0.15, 0.2) is 0 Å². The summed E-state index contributed by atoms with van der Waals surface area (Å²) in [5.41, 5.74) is 6.35. The van der Waals surface area contributed by atoms with Crippen molar-refractivity contribution in [3.8, 4) is 0 Å². The lowest BCUT2D eigenvalue weighted by molar-refractivity contribution is -0.127. The second kappa shape index (κ2) is 7.65. The van der Waals surface area contributed by atoms with Gasteiger partial charge in [-0.3, -0.25) is 9.59 Å². The molecule has 22 heavy (non-hydrogen) atoms. The molecule has 0 radical (unpaired) electrons. The number of nitrogens with zero attached hydrogens (tertiary/aromatic N) is 2. The molecule has 1 aromatic rings. The number of hydrazone groups is 2. The van der Waals surface area contributed by atoms with Crippen LogP contribution in [-0.2, 0) is 9.59 Å². The zero-order valence-corrected chi connectivity index (χ0v) is 13.5. The molecule has 0 fully saturated rings. The van der Waals surface area contributed by atoms with Crippen LogP contribution < -0.4 is 10.9 Å². The molecule has 1 heterocycles.